The Morgan fingerprint density at radius 1 is 1.12 bits per heavy atom. The van der Waals surface area contributed by atoms with Crippen molar-refractivity contribution in [1.82, 2.24) is 4.90 Å². The van der Waals surface area contributed by atoms with Gasteiger partial charge in [-0.1, -0.05) is 55.5 Å². The number of nitrogens with one attached hydrogen (secondary N) is 1. The Kier molecular flexibility index (Phi) is 5.19. The number of hydrogen-bond acceptors (Lipinski definition) is 2. The number of likely N-dealkylation sites (tertiary alicyclic amines) is 1. The topological polar surface area (TPSA) is 32.3 Å². The summed E-state index contributed by atoms with van der Waals surface area (Å²) in [4.78, 5) is 14.8. The van der Waals surface area contributed by atoms with Gasteiger partial charge >= 0.3 is 0 Å². The fourth-order valence-electron chi connectivity index (χ4n) is 3.44. The first-order valence-corrected chi connectivity index (χ1v) is 8.85. The standard InChI is InChI=1S/C21H26N2O/c1-16-9-8-14-23(15-16)21(24)17(2)22-20-13-7-6-12-19(20)18-10-4-3-5-11-18/h3-7,10-13,16-17,22H,8-9,14-15H2,1-2H3. The molecule has 0 aromatic heterocycles. The van der Waals surface area contributed by atoms with Gasteiger partial charge in [-0.25, -0.2) is 0 Å². The number of nitrogens with zero attached hydrogens (tertiary/aromatic N) is 1. The lowest BCUT2D eigenvalue weighted by Gasteiger charge is -2.33. The van der Waals surface area contributed by atoms with Gasteiger partial charge in [0.25, 0.3) is 0 Å². The second-order valence-corrected chi connectivity index (χ2v) is 6.81. The summed E-state index contributed by atoms with van der Waals surface area (Å²) in [6.45, 7) is 5.95. The van der Waals surface area contributed by atoms with E-state index >= 15 is 0 Å². The van der Waals surface area contributed by atoms with Crippen LogP contribution in [0, 0.1) is 5.92 Å². The number of hydrogen-bond donors (Lipinski definition) is 1. The molecule has 0 spiro atoms. The largest absolute Gasteiger partial charge is 0.373 e. The van der Waals surface area contributed by atoms with Crippen LogP contribution in [0.1, 0.15) is 26.7 Å². The van der Waals surface area contributed by atoms with Crippen LogP contribution < -0.4 is 5.32 Å². The van der Waals surface area contributed by atoms with Crippen molar-refractivity contribution in [1.29, 1.82) is 0 Å². The second-order valence-electron chi connectivity index (χ2n) is 6.81. The third-order valence-electron chi connectivity index (χ3n) is 4.72. The quantitative estimate of drug-likeness (QED) is 0.904. The molecule has 2 aromatic rings. The van der Waals surface area contributed by atoms with Gasteiger partial charge in [0.15, 0.2) is 0 Å². The number of anilines is 1. The summed E-state index contributed by atoms with van der Waals surface area (Å²) in [5, 5.41) is 3.43. The van der Waals surface area contributed by atoms with Crippen molar-refractivity contribution in [3.63, 3.8) is 0 Å². The minimum absolute atomic E-state index is 0.199. The van der Waals surface area contributed by atoms with Gasteiger partial charge in [-0.3, -0.25) is 4.79 Å². The maximum Gasteiger partial charge on any atom is 0.244 e. The van der Waals surface area contributed by atoms with E-state index in [4.69, 9.17) is 0 Å². The lowest BCUT2D eigenvalue weighted by atomic mass is 9.99. The fourth-order valence-corrected chi connectivity index (χ4v) is 3.44. The lowest BCUT2D eigenvalue weighted by molar-refractivity contribution is -0.133. The SMILES string of the molecule is CC1CCCN(C(=O)C(C)Nc2ccccc2-c2ccccc2)C1. The van der Waals surface area contributed by atoms with E-state index in [9.17, 15) is 4.79 Å². The van der Waals surface area contributed by atoms with Crippen LogP contribution in [0.4, 0.5) is 5.69 Å². The van der Waals surface area contributed by atoms with Crippen molar-refractivity contribution in [3.05, 3.63) is 54.6 Å². The van der Waals surface area contributed by atoms with Crippen LogP contribution in [-0.2, 0) is 4.79 Å². The van der Waals surface area contributed by atoms with Crippen LogP contribution in [0.15, 0.2) is 54.6 Å². The molecule has 3 heteroatoms. The van der Waals surface area contributed by atoms with E-state index in [0.717, 1.165) is 36.3 Å². The number of para-hydroxylation sites is 1. The summed E-state index contributed by atoms with van der Waals surface area (Å²) in [7, 11) is 0. The fraction of sp³-hybridized carbons (Fsp3) is 0.381. The molecule has 126 valence electrons. The highest BCUT2D eigenvalue weighted by atomic mass is 16.2. The van der Waals surface area contributed by atoms with E-state index in [-0.39, 0.29) is 11.9 Å². The average Bonchev–Trinajstić information content (AvgIpc) is 2.62. The highest BCUT2D eigenvalue weighted by Gasteiger charge is 2.25. The van der Waals surface area contributed by atoms with Crippen LogP contribution in [0.25, 0.3) is 11.1 Å². The highest BCUT2D eigenvalue weighted by Crippen LogP contribution is 2.28. The first-order chi connectivity index (χ1) is 11.6. The molecule has 3 nitrogen and oxygen atoms in total. The van der Waals surface area contributed by atoms with Crippen LogP contribution in [0.2, 0.25) is 0 Å². The predicted octanol–water partition coefficient (Wildman–Crippen LogP) is 4.41. The zero-order valence-electron chi connectivity index (χ0n) is 14.5. The van der Waals surface area contributed by atoms with Crippen molar-refractivity contribution >= 4 is 11.6 Å². The molecule has 1 saturated heterocycles. The maximum absolute atomic E-state index is 12.8. The normalized spacial score (nSPS) is 18.9. The molecule has 1 N–H and O–H groups in total. The minimum Gasteiger partial charge on any atom is -0.373 e. The third kappa shape index (κ3) is 3.78. The van der Waals surface area contributed by atoms with E-state index in [0.29, 0.717) is 5.92 Å². The van der Waals surface area contributed by atoms with Crippen molar-refractivity contribution in [3.8, 4) is 11.1 Å². The second kappa shape index (κ2) is 7.52. The van der Waals surface area contributed by atoms with Crippen LogP contribution >= 0.6 is 0 Å². The van der Waals surface area contributed by atoms with Crippen molar-refractivity contribution in [2.75, 3.05) is 18.4 Å². The molecule has 2 unspecified atom stereocenters. The van der Waals surface area contributed by atoms with Crippen molar-refractivity contribution in [2.24, 2.45) is 5.92 Å². The Morgan fingerprint density at radius 2 is 1.83 bits per heavy atom. The molecular formula is C21H26N2O. The molecule has 2 atom stereocenters. The number of carbonyl (C=O) groups is 1. The molecule has 1 fully saturated rings. The van der Waals surface area contributed by atoms with Gasteiger partial charge in [-0.15, -0.1) is 0 Å². The van der Waals surface area contributed by atoms with Gasteiger partial charge in [0, 0.05) is 24.3 Å². The zero-order valence-corrected chi connectivity index (χ0v) is 14.5. The molecule has 1 amide bonds. The van der Waals surface area contributed by atoms with Crippen LogP contribution in [-0.4, -0.2) is 29.9 Å². The summed E-state index contributed by atoms with van der Waals surface area (Å²) in [6, 6.07) is 18.2. The van der Waals surface area contributed by atoms with E-state index < -0.39 is 0 Å². The maximum atomic E-state index is 12.8. The van der Waals surface area contributed by atoms with E-state index in [1.807, 2.05) is 48.2 Å². The summed E-state index contributed by atoms with van der Waals surface area (Å²) in [5.41, 5.74) is 3.30. The number of amides is 1. The van der Waals surface area contributed by atoms with Gasteiger partial charge < -0.3 is 10.2 Å². The first kappa shape index (κ1) is 16.6. The number of piperidine rings is 1. The highest BCUT2D eigenvalue weighted by molar-refractivity contribution is 5.87. The van der Waals surface area contributed by atoms with Gasteiger partial charge in [-0.2, -0.15) is 0 Å². The van der Waals surface area contributed by atoms with Crippen molar-refractivity contribution in [2.45, 2.75) is 32.7 Å². The molecular weight excluding hydrogens is 296 g/mol. The molecule has 0 aliphatic carbocycles. The van der Waals surface area contributed by atoms with Gasteiger partial charge in [0.05, 0.1) is 0 Å². The molecule has 1 aliphatic rings. The Morgan fingerprint density at radius 3 is 2.58 bits per heavy atom. The minimum atomic E-state index is -0.222. The average molecular weight is 322 g/mol. The Balaban J connectivity index is 1.75. The molecule has 0 saturated carbocycles. The Labute approximate surface area is 144 Å². The lowest BCUT2D eigenvalue weighted by Crippen LogP contribution is -2.45. The van der Waals surface area contributed by atoms with Gasteiger partial charge in [0.2, 0.25) is 5.91 Å². The van der Waals surface area contributed by atoms with Gasteiger partial charge in [-0.05, 0) is 37.3 Å². The Bertz CT molecular complexity index is 683. The number of carbonyl (C=O) groups excluding carboxylic acids is 1. The summed E-state index contributed by atoms with van der Waals surface area (Å²) in [5.74, 6) is 0.802. The molecule has 1 heterocycles. The molecule has 3 rings (SSSR count). The number of rotatable bonds is 4. The summed E-state index contributed by atoms with van der Waals surface area (Å²) < 4.78 is 0. The van der Waals surface area contributed by atoms with E-state index in [1.54, 1.807) is 0 Å². The molecule has 24 heavy (non-hydrogen) atoms. The summed E-state index contributed by atoms with van der Waals surface area (Å²) in [6.07, 6.45) is 2.34. The summed E-state index contributed by atoms with van der Waals surface area (Å²) >= 11 is 0. The third-order valence-corrected chi connectivity index (χ3v) is 4.72. The predicted molar refractivity (Wildman–Crippen MR) is 99.9 cm³/mol. The smallest absolute Gasteiger partial charge is 0.244 e. The molecule has 0 radical (unpaired) electrons. The van der Waals surface area contributed by atoms with Crippen LogP contribution in [0.5, 0.6) is 0 Å². The monoisotopic (exact) mass is 322 g/mol. The number of benzene rings is 2. The zero-order chi connectivity index (χ0) is 16.9. The molecule has 1 aliphatic heterocycles. The van der Waals surface area contributed by atoms with E-state index in [2.05, 4.69) is 30.4 Å². The van der Waals surface area contributed by atoms with Crippen molar-refractivity contribution < 1.29 is 4.79 Å². The molecule has 0 bridgehead atoms. The van der Waals surface area contributed by atoms with E-state index in [1.165, 1.54) is 6.42 Å². The van der Waals surface area contributed by atoms with Crippen LogP contribution in [0.3, 0.4) is 0 Å². The Hall–Kier alpha value is -2.29. The first-order valence-electron chi connectivity index (χ1n) is 8.85. The molecule has 2 aromatic carbocycles. The van der Waals surface area contributed by atoms with Gasteiger partial charge in [0.1, 0.15) is 6.04 Å².